The summed E-state index contributed by atoms with van der Waals surface area (Å²) in [5, 5.41) is 3.13. The van der Waals surface area contributed by atoms with Gasteiger partial charge in [0.1, 0.15) is 0 Å². The van der Waals surface area contributed by atoms with E-state index in [1.165, 1.54) is 28.4 Å². The highest BCUT2D eigenvalue weighted by atomic mass is 127. The van der Waals surface area contributed by atoms with Gasteiger partial charge in [-0.15, -0.1) is 0 Å². The van der Waals surface area contributed by atoms with Crippen LogP contribution in [0.2, 0.25) is 0 Å². The van der Waals surface area contributed by atoms with E-state index in [9.17, 15) is 9.59 Å². The second-order valence-electron chi connectivity index (χ2n) is 6.02. The van der Waals surface area contributed by atoms with Crippen LogP contribution in [0.25, 0.3) is 0 Å². The summed E-state index contributed by atoms with van der Waals surface area (Å²) in [6.07, 6.45) is 0. The van der Waals surface area contributed by atoms with Crippen molar-refractivity contribution < 1.29 is 28.5 Å². The second-order valence-corrected chi connectivity index (χ2v) is 6.79. The zero-order chi connectivity index (χ0) is 20.7. The lowest BCUT2D eigenvalue weighted by atomic mass is 9.78. The largest absolute Gasteiger partial charge is 0.466 e. The van der Waals surface area contributed by atoms with Gasteiger partial charge in [0.25, 0.3) is 0 Å². The van der Waals surface area contributed by atoms with Gasteiger partial charge in [0, 0.05) is 18.6 Å². The zero-order valence-corrected chi connectivity index (χ0v) is 18.5. The van der Waals surface area contributed by atoms with E-state index in [0.717, 1.165) is 11.1 Å². The summed E-state index contributed by atoms with van der Waals surface area (Å²) in [5.74, 6) is -1.74. The van der Waals surface area contributed by atoms with Gasteiger partial charge in [-0.3, -0.25) is 0 Å². The lowest BCUT2D eigenvalue weighted by molar-refractivity contribution is -0.137. The van der Waals surface area contributed by atoms with Gasteiger partial charge < -0.3 is 24.3 Å². The van der Waals surface area contributed by atoms with Gasteiger partial charge in [0.15, 0.2) is 0 Å². The quantitative estimate of drug-likeness (QED) is 0.333. The first-order chi connectivity index (χ1) is 13.5. The average Bonchev–Trinajstić information content (AvgIpc) is 2.72. The molecule has 1 N–H and O–H groups in total. The third-order valence-corrected chi connectivity index (χ3v) is 5.25. The number of benzene rings is 1. The number of hydrogen-bond acceptors (Lipinski definition) is 7. The van der Waals surface area contributed by atoms with Crippen molar-refractivity contribution in [3.63, 3.8) is 0 Å². The van der Waals surface area contributed by atoms with Gasteiger partial charge in [0.05, 0.1) is 55.9 Å². The molecule has 1 aliphatic heterocycles. The number of dihydropyridines is 1. The van der Waals surface area contributed by atoms with E-state index in [1.54, 1.807) is 0 Å². The molecule has 1 aromatic carbocycles. The zero-order valence-electron chi connectivity index (χ0n) is 16.3. The fourth-order valence-corrected chi connectivity index (χ4v) is 3.97. The van der Waals surface area contributed by atoms with E-state index in [1.807, 2.05) is 24.3 Å². The third kappa shape index (κ3) is 4.56. The monoisotopic (exact) mass is 501 g/mol. The van der Waals surface area contributed by atoms with Crippen molar-refractivity contribution in [3.8, 4) is 0 Å². The number of carbonyl (C=O) groups is 2. The number of methoxy groups -OCH3 is 4. The molecule has 1 aromatic rings. The summed E-state index contributed by atoms with van der Waals surface area (Å²) >= 11 is 2.26. The Balaban J connectivity index is 2.83. The van der Waals surface area contributed by atoms with Gasteiger partial charge in [-0.1, -0.05) is 46.9 Å². The Labute approximate surface area is 178 Å². The molecular formula is C20H24INO6. The summed E-state index contributed by atoms with van der Waals surface area (Å²) in [7, 11) is 5.69. The van der Waals surface area contributed by atoms with Gasteiger partial charge >= 0.3 is 11.9 Å². The van der Waals surface area contributed by atoms with Crippen molar-refractivity contribution in [2.45, 2.75) is 10.3 Å². The summed E-state index contributed by atoms with van der Waals surface area (Å²) in [5.41, 5.74) is 3.54. The first-order valence-corrected chi connectivity index (χ1v) is 10.1. The molecule has 0 amide bonds. The maximum absolute atomic E-state index is 12.8. The molecule has 0 aromatic heterocycles. The van der Waals surface area contributed by atoms with Crippen molar-refractivity contribution >= 4 is 34.5 Å². The Morgan fingerprint density at radius 3 is 1.86 bits per heavy atom. The second kappa shape index (κ2) is 10.6. The highest BCUT2D eigenvalue weighted by Crippen LogP contribution is 2.41. The Morgan fingerprint density at radius 1 is 0.929 bits per heavy atom. The van der Waals surface area contributed by atoms with Crippen LogP contribution in [0, 0.1) is 0 Å². The topological polar surface area (TPSA) is 83.1 Å². The van der Waals surface area contributed by atoms with E-state index >= 15 is 0 Å². The third-order valence-electron chi connectivity index (χ3n) is 4.43. The van der Waals surface area contributed by atoms with Crippen LogP contribution in [0.3, 0.4) is 0 Å². The molecule has 0 radical (unpaired) electrons. The molecule has 0 spiro atoms. The van der Waals surface area contributed by atoms with Crippen molar-refractivity contribution in [1.29, 1.82) is 0 Å². The molecule has 0 saturated carbocycles. The number of esters is 2. The van der Waals surface area contributed by atoms with Crippen molar-refractivity contribution in [2.75, 3.05) is 41.7 Å². The van der Waals surface area contributed by atoms with Gasteiger partial charge in [-0.05, 0) is 11.1 Å². The predicted molar refractivity (Wildman–Crippen MR) is 112 cm³/mol. The fourth-order valence-electron chi connectivity index (χ4n) is 3.28. The number of nitrogens with one attached hydrogen (secondary N) is 1. The molecule has 0 bridgehead atoms. The molecule has 0 unspecified atom stereocenters. The molecule has 1 aliphatic rings. The van der Waals surface area contributed by atoms with E-state index < -0.39 is 17.9 Å². The molecule has 152 valence electrons. The smallest absolute Gasteiger partial charge is 0.336 e. The predicted octanol–water partition coefficient (Wildman–Crippen LogP) is 2.46. The standard InChI is InChI=1S/C20H24INO6/c1-25-10-14-17(19(23)27-3)16(13-8-6-5-7-12(13)9-21)18(20(24)28-4)15(22-14)11-26-2/h5-8,16,22H,9-11H2,1-4H3. The minimum atomic E-state index is -0.664. The van der Waals surface area contributed by atoms with Crippen LogP contribution < -0.4 is 5.32 Å². The summed E-state index contributed by atoms with van der Waals surface area (Å²) in [4.78, 5) is 25.5. The Hall–Kier alpha value is -1.91. The Morgan fingerprint density at radius 2 is 1.43 bits per heavy atom. The van der Waals surface area contributed by atoms with Crippen LogP contribution >= 0.6 is 22.6 Å². The van der Waals surface area contributed by atoms with E-state index in [4.69, 9.17) is 18.9 Å². The maximum Gasteiger partial charge on any atom is 0.336 e. The summed E-state index contributed by atoms with van der Waals surface area (Å²) < 4.78 is 21.4. The first kappa shape index (κ1) is 22.4. The van der Waals surface area contributed by atoms with Crippen LogP contribution in [0.4, 0.5) is 0 Å². The minimum absolute atomic E-state index is 0.148. The SMILES string of the molecule is COCC1=C(C(=O)OC)C(c2ccccc2CI)C(C(=O)OC)=C(COC)N1. The molecular weight excluding hydrogens is 477 g/mol. The van der Waals surface area contributed by atoms with Crippen molar-refractivity contribution in [3.05, 3.63) is 57.9 Å². The Bertz CT molecular complexity index is 760. The highest BCUT2D eigenvalue weighted by Gasteiger charge is 2.40. The lowest BCUT2D eigenvalue weighted by Crippen LogP contribution is -2.36. The number of carbonyl (C=O) groups excluding carboxylic acids is 2. The van der Waals surface area contributed by atoms with Crippen LogP contribution in [-0.2, 0) is 33.0 Å². The van der Waals surface area contributed by atoms with Gasteiger partial charge in [-0.25, -0.2) is 9.59 Å². The number of ether oxygens (including phenoxy) is 4. The van der Waals surface area contributed by atoms with Crippen LogP contribution in [0.5, 0.6) is 0 Å². The minimum Gasteiger partial charge on any atom is -0.466 e. The number of alkyl halides is 1. The van der Waals surface area contributed by atoms with Crippen molar-refractivity contribution in [2.24, 2.45) is 0 Å². The molecule has 0 saturated heterocycles. The molecule has 8 heteroatoms. The number of hydrogen-bond donors (Lipinski definition) is 1. The molecule has 28 heavy (non-hydrogen) atoms. The van der Waals surface area contributed by atoms with E-state index in [-0.39, 0.29) is 13.2 Å². The fraction of sp³-hybridized carbons (Fsp3) is 0.400. The molecule has 0 atom stereocenters. The summed E-state index contributed by atoms with van der Waals surface area (Å²) in [6, 6.07) is 7.68. The molecule has 2 rings (SSSR count). The normalized spacial score (nSPS) is 14.8. The van der Waals surface area contributed by atoms with Gasteiger partial charge in [0.2, 0.25) is 0 Å². The highest BCUT2D eigenvalue weighted by molar-refractivity contribution is 14.1. The van der Waals surface area contributed by atoms with Crippen molar-refractivity contribution in [1.82, 2.24) is 5.32 Å². The van der Waals surface area contributed by atoms with Crippen LogP contribution in [-0.4, -0.2) is 53.6 Å². The van der Waals surface area contributed by atoms with Crippen LogP contribution in [0.1, 0.15) is 17.0 Å². The summed E-state index contributed by atoms with van der Waals surface area (Å²) in [6.45, 7) is 0.296. The maximum atomic E-state index is 12.8. The molecule has 1 heterocycles. The van der Waals surface area contributed by atoms with E-state index in [0.29, 0.717) is 27.0 Å². The van der Waals surface area contributed by atoms with Gasteiger partial charge in [-0.2, -0.15) is 0 Å². The first-order valence-electron chi connectivity index (χ1n) is 8.55. The lowest BCUT2D eigenvalue weighted by Gasteiger charge is -2.32. The number of rotatable bonds is 8. The van der Waals surface area contributed by atoms with Crippen LogP contribution in [0.15, 0.2) is 46.8 Å². The molecule has 7 nitrogen and oxygen atoms in total. The average molecular weight is 501 g/mol. The number of halogens is 1. The molecule has 0 fully saturated rings. The molecule has 0 aliphatic carbocycles. The Kier molecular flexibility index (Phi) is 8.46. The van der Waals surface area contributed by atoms with E-state index in [2.05, 4.69) is 27.9 Å².